The summed E-state index contributed by atoms with van der Waals surface area (Å²) in [6.45, 7) is 2.23. The molecule has 28 heavy (non-hydrogen) atoms. The van der Waals surface area contributed by atoms with Crippen molar-refractivity contribution in [1.82, 2.24) is 19.2 Å². The number of piperidine rings is 1. The molecule has 2 aliphatic heterocycles. The topological polar surface area (TPSA) is 84.3 Å². The third-order valence-corrected chi connectivity index (χ3v) is 6.84. The normalized spacial score (nSPS) is 20.1. The van der Waals surface area contributed by atoms with Crippen LogP contribution in [0.2, 0.25) is 0 Å². The van der Waals surface area contributed by atoms with Gasteiger partial charge in [0.15, 0.2) is 0 Å². The van der Waals surface area contributed by atoms with Crippen LogP contribution in [0.3, 0.4) is 0 Å². The lowest BCUT2D eigenvalue weighted by Gasteiger charge is -2.30. The number of aromatic nitrogens is 2. The highest BCUT2D eigenvalue weighted by Crippen LogP contribution is 2.24. The number of nitrogens with one attached hydrogen (secondary N) is 1. The molecule has 1 amide bonds. The summed E-state index contributed by atoms with van der Waals surface area (Å²) in [6.07, 6.45) is 6.92. The number of fused-ring (bicyclic) bond motifs is 1. The van der Waals surface area contributed by atoms with Gasteiger partial charge >= 0.3 is 0 Å². The molecule has 0 spiro atoms. The molecule has 0 aliphatic carbocycles. The number of hydrogen-bond donors (Lipinski definition) is 1. The van der Waals surface area contributed by atoms with Crippen LogP contribution in [0.15, 0.2) is 30.5 Å². The lowest BCUT2D eigenvalue weighted by Crippen LogP contribution is -2.44. The molecule has 1 atom stereocenters. The van der Waals surface area contributed by atoms with Gasteiger partial charge < -0.3 is 9.88 Å². The lowest BCUT2D eigenvalue weighted by molar-refractivity contribution is -0.126. The van der Waals surface area contributed by atoms with Gasteiger partial charge in [-0.3, -0.25) is 4.79 Å². The Balaban J connectivity index is 1.39. The van der Waals surface area contributed by atoms with E-state index >= 15 is 0 Å². The summed E-state index contributed by atoms with van der Waals surface area (Å²) >= 11 is 0. The third-order valence-electron chi connectivity index (χ3n) is 5.57. The van der Waals surface area contributed by atoms with Gasteiger partial charge in [0.25, 0.3) is 0 Å². The summed E-state index contributed by atoms with van der Waals surface area (Å²) < 4.78 is 27.1. The molecule has 0 saturated carbocycles. The van der Waals surface area contributed by atoms with E-state index in [2.05, 4.69) is 22.1 Å². The number of nitrogens with zero attached hydrogens (tertiary/aromatic N) is 3. The van der Waals surface area contributed by atoms with Crippen LogP contribution in [0.5, 0.6) is 0 Å². The van der Waals surface area contributed by atoms with Gasteiger partial charge in [0.1, 0.15) is 5.82 Å². The Morgan fingerprint density at radius 2 is 2.14 bits per heavy atom. The molecule has 1 unspecified atom stereocenters. The van der Waals surface area contributed by atoms with Gasteiger partial charge in [-0.05, 0) is 30.9 Å². The smallest absolute Gasteiger partial charge is 0.224 e. The number of sulfonamides is 1. The first-order chi connectivity index (χ1) is 13.4. The average molecular weight is 403 g/mol. The minimum atomic E-state index is -3.25. The van der Waals surface area contributed by atoms with Crippen molar-refractivity contribution < 1.29 is 13.2 Å². The molecule has 4 rings (SSSR count). The monoisotopic (exact) mass is 402 g/mol. The summed E-state index contributed by atoms with van der Waals surface area (Å²) in [5, 5.41) is 2.97. The van der Waals surface area contributed by atoms with E-state index in [-0.39, 0.29) is 18.4 Å². The minimum Gasteiger partial charge on any atom is -0.352 e. The van der Waals surface area contributed by atoms with Gasteiger partial charge in [-0.1, -0.05) is 18.2 Å². The van der Waals surface area contributed by atoms with Crippen LogP contribution in [0, 0.1) is 5.92 Å². The highest BCUT2D eigenvalue weighted by molar-refractivity contribution is 7.88. The second kappa shape index (κ2) is 7.67. The van der Waals surface area contributed by atoms with Crippen LogP contribution >= 0.6 is 0 Å². The summed E-state index contributed by atoms with van der Waals surface area (Å²) in [6, 6.07) is 8.06. The average Bonchev–Trinajstić information content (AvgIpc) is 3.28. The van der Waals surface area contributed by atoms with Gasteiger partial charge in [-0.2, -0.15) is 0 Å². The zero-order chi connectivity index (χ0) is 19.7. The van der Waals surface area contributed by atoms with Gasteiger partial charge in [0.2, 0.25) is 15.9 Å². The Labute approximate surface area is 165 Å². The summed E-state index contributed by atoms with van der Waals surface area (Å²) in [4.78, 5) is 17.3. The molecule has 1 aromatic carbocycles. The zero-order valence-electron chi connectivity index (χ0n) is 16.1. The molecule has 1 aromatic heterocycles. The van der Waals surface area contributed by atoms with E-state index in [1.807, 2.05) is 18.2 Å². The fourth-order valence-corrected chi connectivity index (χ4v) is 4.94. The van der Waals surface area contributed by atoms with Crippen molar-refractivity contribution in [3.8, 4) is 11.3 Å². The lowest BCUT2D eigenvalue weighted by atomic mass is 9.98. The third kappa shape index (κ3) is 4.12. The fraction of sp³-hybridized carbons (Fsp3) is 0.500. The van der Waals surface area contributed by atoms with Crippen LogP contribution in [0.25, 0.3) is 11.3 Å². The van der Waals surface area contributed by atoms with Crippen molar-refractivity contribution in [1.29, 1.82) is 0 Å². The maximum atomic E-state index is 12.5. The van der Waals surface area contributed by atoms with E-state index < -0.39 is 10.0 Å². The predicted octanol–water partition coefficient (Wildman–Crippen LogP) is 1.78. The number of hydrogen-bond acceptors (Lipinski definition) is 4. The standard InChI is InChI=1S/C20H26N4O3S/c1-28(26,27)24-10-3-7-17(13-24)20(25)21-12-15-5-2-6-16(11-15)18-14-23-9-4-8-19(23)22-18/h2,5-6,11,14,17H,3-4,7-10,12-13H2,1H3,(H,21,25). The molecule has 1 fully saturated rings. The van der Waals surface area contributed by atoms with Crippen molar-refractivity contribution in [3.05, 3.63) is 41.9 Å². The van der Waals surface area contributed by atoms with Gasteiger partial charge in [-0.15, -0.1) is 0 Å². The highest BCUT2D eigenvalue weighted by atomic mass is 32.2. The first kappa shape index (κ1) is 19.1. The zero-order valence-corrected chi connectivity index (χ0v) is 16.9. The van der Waals surface area contributed by atoms with E-state index in [1.165, 1.54) is 10.6 Å². The van der Waals surface area contributed by atoms with Crippen LogP contribution in [0.4, 0.5) is 0 Å². The van der Waals surface area contributed by atoms with Crippen molar-refractivity contribution in [3.63, 3.8) is 0 Å². The molecule has 2 aromatic rings. The number of amides is 1. The highest BCUT2D eigenvalue weighted by Gasteiger charge is 2.30. The Morgan fingerprint density at radius 1 is 1.29 bits per heavy atom. The van der Waals surface area contributed by atoms with Crippen molar-refractivity contribution in [2.45, 2.75) is 38.8 Å². The molecule has 8 heteroatoms. The molecule has 0 radical (unpaired) electrons. The number of aryl methyl sites for hydroxylation is 2. The second-order valence-electron chi connectivity index (χ2n) is 7.72. The molecule has 0 bridgehead atoms. The summed E-state index contributed by atoms with van der Waals surface area (Å²) in [5.74, 6) is 0.768. The van der Waals surface area contributed by atoms with Crippen LogP contribution in [-0.4, -0.2) is 47.5 Å². The van der Waals surface area contributed by atoms with Crippen molar-refractivity contribution in [2.24, 2.45) is 5.92 Å². The van der Waals surface area contributed by atoms with E-state index in [1.54, 1.807) is 0 Å². The molecule has 1 N–H and O–H groups in total. The Morgan fingerprint density at radius 3 is 2.93 bits per heavy atom. The number of benzene rings is 1. The van der Waals surface area contributed by atoms with Gasteiger partial charge in [-0.25, -0.2) is 17.7 Å². The number of rotatable bonds is 5. The molecule has 3 heterocycles. The van der Waals surface area contributed by atoms with Crippen LogP contribution in [0.1, 0.15) is 30.7 Å². The quantitative estimate of drug-likeness (QED) is 0.826. The molecule has 150 valence electrons. The van der Waals surface area contributed by atoms with Crippen LogP contribution < -0.4 is 5.32 Å². The maximum absolute atomic E-state index is 12.5. The predicted molar refractivity (Wildman–Crippen MR) is 107 cm³/mol. The van der Waals surface area contributed by atoms with E-state index in [0.717, 1.165) is 48.5 Å². The van der Waals surface area contributed by atoms with E-state index in [4.69, 9.17) is 4.98 Å². The molecule has 2 aliphatic rings. The Kier molecular flexibility index (Phi) is 5.25. The van der Waals surface area contributed by atoms with Crippen LogP contribution in [-0.2, 0) is 34.3 Å². The second-order valence-corrected chi connectivity index (χ2v) is 9.70. The number of carbonyl (C=O) groups is 1. The van der Waals surface area contributed by atoms with Gasteiger partial charge in [0, 0.05) is 44.4 Å². The number of carbonyl (C=O) groups excluding carboxylic acids is 1. The van der Waals surface area contributed by atoms with E-state index in [9.17, 15) is 13.2 Å². The minimum absolute atomic E-state index is 0.0836. The van der Waals surface area contributed by atoms with E-state index in [0.29, 0.717) is 19.5 Å². The first-order valence-corrected chi connectivity index (χ1v) is 11.6. The molecule has 7 nitrogen and oxygen atoms in total. The Bertz CT molecular complexity index is 962. The van der Waals surface area contributed by atoms with Crippen molar-refractivity contribution >= 4 is 15.9 Å². The SMILES string of the molecule is CS(=O)(=O)N1CCCC(C(=O)NCc2cccc(-c3cn4c(n3)CCC4)c2)C1. The molecular weight excluding hydrogens is 376 g/mol. The summed E-state index contributed by atoms with van der Waals surface area (Å²) in [5.41, 5.74) is 3.03. The fourth-order valence-electron chi connectivity index (χ4n) is 4.03. The first-order valence-electron chi connectivity index (χ1n) is 9.78. The maximum Gasteiger partial charge on any atom is 0.224 e. The molecular formula is C20H26N4O3S. The summed E-state index contributed by atoms with van der Waals surface area (Å²) in [7, 11) is -3.25. The largest absolute Gasteiger partial charge is 0.352 e. The molecule has 1 saturated heterocycles. The van der Waals surface area contributed by atoms with Crippen molar-refractivity contribution in [2.75, 3.05) is 19.3 Å². The Hall–Kier alpha value is -2.19. The number of imidazole rings is 1. The van der Waals surface area contributed by atoms with Gasteiger partial charge in [0.05, 0.1) is 17.9 Å².